The summed E-state index contributed by atoms with van der Waals surface area (Å²) in [4.78, 5) is 4.47. The number of aromatic nitrogens is 1. The zero-order valence-corrected chi connectivity index (χ0v) is 17.9. The van der Waals surface area contributed by atoms with Gasteiger partial charge in [-0.1, -0.05) is 6.07 Å². The highest BCUT2D eigenvalue weighted by Crippen LogP contribution is 2.39. The second-order valence-corrected chi connectivity index (χ2v) is 8.81. The summed E-state index contributed by atoms with van der Waals surface area (Å²) in [6.07, 6.45) is 0. The van der Waals surface area contributed by atoms with Gasteiger partial charge in [-0.25, -0.2) is 17.8 Å². The van der Waals surface area contributed by atoms with Crippen LogP contribution < -0.4 is 14.2 Å². The second-order valence-electron chi connectivity index (χ2n) is 6.87. The Bertz CT molecular complexity index is 1200. The van der Waals surface area contributed by atoms with E-state index < -0.39 is 15.8 Å². The molecule has 0 spiro atoms. The third-order valence-electron chi connectivity index (χ3n) is 4.97. The SMILES string of the molecule is COc1cccc(-c2cc3c(c(OC)c2)OCCN(S(=O)(=O)c2ccc(F)cc2)C3)n1. The number of halogens is 1. The molecule has 1 aromatic heterocycles. The average molecular weight is 444 g/mol. The molecule has 2 aromatic carbocycles. The molecule has 0 fully saturated rings. The molecule has 1 aliphatic rings. The minimum atomic E-state index is -3.84. The van der Waals surface area contributed by atoms with Crippen LogP contribution in [0.25, 0.3) is 11.3 Å². The average Bonchev–Trinajstić information content (AvgIpc) is 3.02. The first-order valence-electron chi connectivity index (χ1n) is 9.53. The highest BCUT2D eigenvalue weighted by atomic mass is 32.2. The highest BCUT2D eigenvalue weighted by molar-refractivity contribution is 7.89. The number of sulfonamides is 1. The van der Waals surface area contributed by atoms with Gasteiger partial charge in [0.15, 0.2) is 11.5 Å². The maximum atomic E-state index is 13.3. The van der Waals surface area contributed by atoms with Gasteiger partial charge in [0.2, 0.25) is 15.9 Å². The number of benzene rings is 2. The van der Waals surface area contributed by atoms with E-state index in [-0.39, 0.29) is 24.6 Å². The Morgan fingerprint density at radius 1 is 1.06 bits per heavy atom. The lowest BCUT2D eigenvalue weighted by Gasteiger charge is -2.20. The van der Waals surface area contributed by atoms with Gasteiger partial charge in [0.05, 0.1) is 24.8 Å². The zero-order chi connectivity index (χ0) is 22.0. The fourth-order valence-corrected chi connectivity index (χ4v) is 4.81. The predicted molar refractivity (Wildman–Crippen MR) is 112 cm³/mol. The summed E-state index contributed by atoms with van der Waals surface area (Å²) in [7, 11) is -0.777. The molecule has 1 aliphatic heterocycles. The number of fused-ring (bicyclic) bond motifs is 1. The van der Waals surface area contributed by atoms with Crippen LogP contribution in [0.15, 0.2) is 59.5 Å². The van der Waals surface area contributed by atoms with Crippen molar-refractivity contribution in [2.75, 3.05) is 27.4 Å². The van der Waals surface area contributed by atoms with Gasteiger partial charge in [0.1, 0.15) is 12.4 Å². The first-order chi connectivity index (χ1) is 14.9. The Balaban J connectivity index is 1.75. The van der Waals surface area contributed by atoms with Gasteiger partial charge in [-0.05, 0) is 42.5 Å². The number of hydrogen-bond acceptors (Lipinski definition) is 6. The van der Waals surface area contributed by atoms with Gasteiger partial charge in [-0.2, -0.15) is 4.31 Å². The van der Waals surface area contributed by atoms with Gasteiger partial charge in [-0.15, -0.1) is 0 Å². The predicted octanol–water partition coefficient (Wildman–Crippen LogP) is 3.49. The lowest BCUT2D eigenvalue weighted by Crippen LogP contribution is -2.32. The van der Waals surface area contributed by atoms with E-state index in [1.807, 2.05) is 18.2 Å². The topological polar surface area (TPSA) is 78.0 Å². The van der Waals surface area contributed by atoms with Crippen molar-refractivity contribution in [3.63, 3.8) is 0 Å². The van der Waals surface area contributed by atoms with E-state index in [2.05, 4.69) is 4.98 Å². The van der Waals surface area contributed by atoms with Crippen LogP contribution in [0.1, 0.15) is 5.56 Å². The molecule has 0 unspecified atom stereocenters. The quantitative estimate of drug-likeness (QED) is 0.600. The molecule has 31 heavy (non-hydrogen) atoms. The largest absolute Gasteiger partial charge is 0.493 e. The minimum absolute atomic E-state index is 0.0231. The number of ether oxygens (including phenoxy) is 3. The first kappa shape index (κ1) is 21.1. The van der Waals surface area contributed by atoms with E-state index in [4.69, 9.17) is 14.2 Å². The number of pyridine rings is 1. The molecular formula is C22H21FN2O5S. The van der Waals surface area contributed by atoms with Crippen LogP contribution in [0.5, 0.6) is 17.4 Å². The standard InChI is InChI=1S/C22H21FN2O5S/c1-28-20-13-15(19-4-3-5-21(24-19)29-2)12-16-14-25(10-11-30-22(16)20)31(26,27)18-8-6-17(23)7-9-18/h3-9,12-13H,10-11,14H2,1-2H3. The Labute approximate surface area is 180 Å². The Hall–Kier alpha value is -3.17. The van der Waals surface area contributed by atoms with Gasteiger partial charge >= 0.3 is 0 Å². The molecule has 4 rings (SSSR count). The van der Waals surface area contributed by atoms with E-state index in [1.54, 1.807) is 12.1 Å². The number of hydrogen-bond donors (Lipinski definition) is 0. The molecule has 0 N–H and O–H groups in total. The molecule has 2 heterocycles. The van der Waals surface area contributed by atoms with E-state index >= 15 is 0 Å². The fraction of sp³-hybridized carbons (Fsp3) is 0.227. The summed E-state index contributed by atoms with van der Waals surface area (Å²) >= 11 is 0. The van der Waals surface area contributed by atoms with Crippen LogP contribution in [-0.4, -0.2) is 45.1 Å². The van der Waals surface area contributed by atoms with Crippen LogP contribution in [0.3, 0.4) is 0 Å². The molecule has 0 radical (unpaired) electrons. The van der Waals surface area contributed by atoms with Crippen LogP contribution in [0, 0.1) is 5.82 Å². The Morgan fingerprint density at radius 3 is 2.55 bits per heavy atom. The maximum absolute atomic E-state index is 13.3. The van der Waals surface area contributed by atoms with Crippen molar-refractivity contribution in [3.8, 4) is 28.6 Å². The van der Waals surface area contributed by atoms with Crippen LogP contribution in [0.4, 0.5) is 4.39 Å². The lowest BCUT2D eigenvalue weighted by atomic mass is 10.1. The van der Waals surface area contributed by atoms with Crippen LogP contribution in [-0.2, 0) is 16.6 Å². The van der Waals surface area contributed by atoms with Crippen molar-refractivity contribution in [1.29, 1.82) is 0 Å². The van der Waals surface area contributed by atoms with E-state index in [1.165, 1.54) is 30.7 Å². The van der Waals surface area contributed by atoms with E-state index in [9.17, 15) is 12.8 Å². The van der Waals surface area contributed by atoms with E-state index in [0.29, 0.717) is 28.6 Å². The van der Waals surface area contributed by atoms with Gasteiger partial charge in [0.25, 0.3) is 0 Å². The minimum Gasteiger partial charge on any atom is -0.493 e. The van der Waals surface area contributed by atoms with Crippen molar-refractivity contribution >= 4 is 10.0 Å². The molecule has 3 aromatic rings. The normalized spacial score (nSPS) is 14.3. The van der Waals surface area contributed by atoms with Crippen LogP contribution in [0.2, 0.25) is 0 Å². The Morgan fingerprint density at radius 2 is 1.84 bits per heavy atom. The molecule has 0 bridgehead atoms. The molecule has 0 atom stereocenters. The Kier molecular flexibility index (Phi) is 5.79. The molecule has 0 saturated carbocycles. The number of nitrogens with zero attached hydrogens (tertiary/aromatic N) is 2. The van der Waals surface area contributed by atoms with Gasteiger partial charge < -0.3 is 14.2 Å². The lowest BCUT2D eigenvalue weighted by molar-refractivity contribution is 0.279. The summed E-state index contributed by atoms with van der Waals surface area (Å²) in [5.41, 5.74) is 2.03. The summed E-state index contributed by atoms with van der Waals surface area (Å²) in [6.45, 7) is 0.369. The highest BCUT2D eigenvalue weighted by Gasteiger charge is 2.29. The molecule has 9 heteroatoms. The monoisotopic (exact) mass is 444 g/mol. The van der Waals surface area contributed by atoms with Crippen LogP contribution >= 0.6 is 0 Å². The number of rotatable bonds is 5. The maximum Gasteiger partial charge on any atom is 0.243 e. The second kappa shape index (κ2) is 8.52. The van der Waals surface area contributed by atoms with Crippen molar-refractivity contribution in [1.82, 2.24) is 9.29 Å². The molecular weight excluding hydrogens is 423 g/mol. The molecule has 7 nitrogen and oxygen atoms in total. The molecule has 0 amide bonds. The summed E-state index contributed by atoms with van der Waals surface area (Å²) in [5, 5.41) is 0. The van der Waals surface area contributed by atoms with Crippen molar-refractivity contribution in [2.24, 2.45) is 0 Å². The third-order valence-corrected chi connectivity index (χ3v) is 6.82. The zero-order valence-electron chi connectivity index (χ0n) is 17.0. The third kappa shape index (κ3) is 4.19. The molecule has 0 saturated heterocycles. The van der Waals surface area contributed by atoms with E-state index in [0.717, 1.165) is 17.7 Å². The smallest absolute Gasteiger partial charge is 0.243 e. The number of methoxy groups -OCH3 is 2. The van der Waals surface area contributed by atoms with Gasteiger partial charge in [-0.3, -0.25) is 0 Å². The molecule has 162 valence electrons. The summed E-state index contributed by atoms with van der Waals surface area (Å²) in [6, 6.07) is 13.8. The van der Waals surface area contributed by atoms with Crippen molar-refractivity contribution in [3.05, 3.63) is 66.0 Å². The first-order valence-corrected chi connectivity index (χ1v) is 11.0. The van der Waals surface area contributed by atoms with Gasteiger partial charge in [0, 0.05) is 30.3 Å². The summed E-state index contributed by atoms with van der Waals surface area (Å²) in [5.74, 6) is 0.941. The van der Waals surface area contributed by atoms with Crippen molar-refractivity contribution < 1.29 is 27.0 Å². The fourth-order valence-electron chi connectivity index (χ4n) is 3.41. The van der Waals surface area contributed by atoms with Crippen molar-refractivity contribution in [2.45, 2.75) is 11.4 Å². The summed E-state index contributed by atoms with van der Waals surface area (Å²) < 4.78 is 57.4. The molecule has 0 aliphatic carbocycles.